The minimum atomic E-state index is -0.885. The van der Waals surface area contributed by atoms with Crippen LogP contribution in [0, 0.1) is 0 Å². The van der Waals surface area contributed by atoms with Gasteiger partial charge in [-0.3, -0.25) is 0 Å². The lowest BCUT2D eigenvalue weighted by Gasteiger charge is -2.06. The molecule has 1 aromatic heterocycles. The highest BCUT2D eigenvalue weighted by Gasteiger charge is 2.21. The van der Waals surface area contributed by atoms with Crippen molar-refractivity contribution in [2.75, 3.05) is 0 Å². The normalized spacial score (nSPS) is 11.1. The van der Waals surface area contributed by atoms with Gasteiger partial charge in [-0.2, -0.15) is 0 Å². The number of aromatic nitrogens is 1. The summed E-state index contributed by atoms with van der Waals surface area (Å²) in [7, 11) is 1.79. The van der Waals surface area contributed by atoms with Crippen molar-refractivity contribution in [3.05, 3.63) is 34.0 Å². The van der Waals surface area contributed by atoms with Gasteiger partial charge in [0.15, 0.2) is 0 Å². The molecule has 0 unspecified atom stereocenters. The van der Waals surface area contributed by atoms with Crippen LogP contribution < -0.4 is 0 Å². The number of rotatable bonds is 3. The minimum Gasteiger partial charge on any atom is -0.477 e. The molecule has 2 rings (SSSR count). The van der Waals surface area contributed by atoms with Crippen molar-refractivity contribution in [3.8, 4) is 0 Å². The third-order valence-corrected chi connectivity index (χ3v) is 3.77. The summed E-state index contributed by atoms with van der Waals surface area (Å²) in [5.74, 6) is -0.885. The van der Waals surface area contributed by atoms with Gasteiger partial charge in [0.1, 0.15) is 5.69 Å². The van der Waals surface area contributed by atoms with Crippen LogP contribution in [0.25, 0.3) is 10.9 Å². The number of fused-ring (bicyclic) bond motifs is 1. The number of carbonyl (C=O) groups is 1. The second-order valence-electron chi connectivity index (χ2n) is 4.32. The molecule has 1 N–H and O–H groups in total. The molecule has 4 heteroatoms. The molecule has 0 amide bonds. The zero-order valence-corrected chi connectivity index (χ0v) is 11.5. The van der Waals surface area contributed by atoms with E-state index in [-0.39, 0.29) is 0 Å². The topological polar surface area (TPSA) is 42.2 Å². The number of carboxylic acids is 1. The van der Waals surface area contributed by atoms with Crippen LogP contribution in [-0.4, -0.2) is 15.6 Å². The molecular formula is C14H16ClNO2. The number of hydrogen-bond donors (Lipinski definition) is 1. The number of hydrogen-bond acceptors (Lipinski definition) is 1. The summed E-state index contributed by atoms with van der Waals surface area (Å²) in [4.78, 5) is 11.4. The maximum atomic E-state index is 11.4. The third-order valence-electron chi connectivity index (χ3n) is 3.42. The van der Waals surface area contributed by atoms with Crippen LogP contribution in [0.2, 0.25) is 5.02 Å². The molecule has 2 aromatic rings. The number of aryl methyl sites for hydroxylation is 3. The molecule has 96 valence electrons. The van der Waals surface area contributed by atoms with Crippen LogP contribution in [0.3, 0.4) is 0 Å². The van der Waals surface area contributed by atoms with E-state index in [1.165, 1.54) is 0 Å². The van der Waals surface area contributed by atoms with Crippen molar-refractivity contribution in [2.24, 2.45) is 7.05 Å². The lowest BCUT2D eigenvalue weighted by atomic mass is 10.0. The summed E-state index contributed by atoms with van der Waals surface area (Å²) < 4.78 is 1.75. The van der Waals surface area contributed by atoms with E-state index in [4.69, 9.17) is 11.6 Å². The van der Waals surface area contributed by atoms with Crippen LogP contribution in [0.1, 0.15) is 35.5 Å². The molecule has 1 heterocycles. The molecule has 0 fully saturated rings. The molecule has 0 bridgehead atoms. The van der Waals surface area contributed by atoms with Gasteiger partial charge in [-0.05, 0) is 30.0 Å². The van der Waals surface area contributed by atoms with Gasteiger partial charge in [0.05, 0.1) is 5.52 Å². The number of benzene rings is 1. The summed E-state index contributed by atoms with van der Waals surface area (Å²) in [6.45, 7) is 4.00. The zero-order chi connectivity index (χ0) is 13.4. The Labute approximate surface area is 111 Å². The van der Waals surface area contributed by atoms with Gasteiger partial charge in [-0.15, -0.1) is 0 Å². The van der Waals surface area contributed by atoms with Gasteiger partial charge in [0.25, 0.3) is 0 Å². The maximum Gasteiger partial charge on any atom is 0.352 e. The highest BCUT2D eigenvalue weighted by atomic mass is 35.5. The molecule has 0 saturated carbocycles. The van der Waals surface area contributed by atoms with Crippen LogP contribution in [-0.2, 0) is 19.9 Å². The second-order valence-corrected chi connectivity index (χ2v) is 4.73. The lowest BCUT2D eigenvalue weighted by molar-refractivity contribution is 0.0686. The van der Waals surface area contributed by atoms with Gasteiger partial charge < -0.3 is 9.67 Å². The average Bonchev–Trinajstić information content (AvgIpc) is 2.62. The van der Waals surface area contributed by atoms with Gasteiger partial charge in [-0.1, -0.05) is 31.5 Å². The van der Waals surface area contributed by atoms with E-state index in [1.807, 2.05) is 26.0 Å². The fourth-order valence-electron chi connectivity index (χ4n) is 2.65. The SMILES string of the molecule is CCc1c(C(=O)O)n(C)c2c(CC)c(Cl)ccc12. The molecule has 0 atom stereocenters. The first-order chi connectivity index (χ1) is 8.52. The lowest BCUT2D eigenvalue weighted by Crippen LogP contribution is -2.07. The largest absolute Gasteiger partial charge is 0.477 e. The Morgan fingerprint density at radius 2 is 1.89 bits per heavy atom. The molecule has 1 aromatic carbocycles. The Morgan fingerprint density at radius 3 is 2.39 bits per heavy atom. The van der Waals surface area contributed by atoms with E-state index < -0.39 is 5.97 Å². The van der Waals surface area contributed by atoms with Crippen LogP contribution in [0.4, 0.5) is 0 Å². The van der Waals surface area contributed by atoms with Crippen LogP contribution >= 0.6 is 11.6 Å². The van der Waals surface area contributed by atoms with Crippen molar-refractivity contribution in [2.45, 2.75) is 26.7 Å². The number of halogens is 1. The van der Waals surface area contributed by atoms with Gasteiger partial charge in [-0.25, -0.2) is 4.79 Å². The highest BCUT2D eigenvalue weighted by Crippen LogP contribution is 2.32. The first-order valence-corrected chi connectivity index (χ1v) is 6.42. The van der Waals surface area contributed by atoms with Crippen molar-refractivity contribution in [3.63, 3.8) is 0 Å². The summed E-state index contributed by atoms with van der Waals surface area (Å²) in [6, 6.07) is 3.77. The quantitative estimate of drug-likeness (QED) is 0.920. The predicted octanol–water partition coefficient (Wildman–Crippen LogP) is 3.65. The third kappa shape index (κ3) is 1.70. The van der Waals surface area contributed by atoms with Crippen molar-refractivity contribution in [1.82, 2.24) is 4.57 Å². The van der Waals surface area contributed by atoms with Crippen molar-refractivity contribution < 1.29 is 9.90 Å². The molecule has 0 aliphatic carbocycles. The fraction of sp³-hybridized carbons (Fsp3) is 0.357. The summed E-state index contributed by atoms with van der Waals surface area (Å²) in [5, 5.41) is 11.1. The fourth-order valence-corrected chi connectivity index (χ4v) is 2.93. The maximum absolute atomic E-state index is 11.4. The molecule has 3 nitrogen and oxygen atoms in total. The molecule has 0 aliphatic heterocycles. The first kappa shape index (κ1) is 13.0. The van der Waals surface area contributed by atoms with Gasteiger partial charge in [0, 0.05) is 17.5 Å². The van der Waals surface area contributed by atoms with Crippen molar-refractivity contribution in [1.29, 1.82) is 0 Å². The highest BCUT2D eigenvalue weighted by molar-refractivity contribution is 6.32. The van der Waals surface area contributed by atoms with Crippen molar-refractivity contribution >= 4 is 28.5 Å². The molecule has 0 saturated heterocycles. The molecular weight excluding hydrogens is 250 g/mol. The summed E-state index contributed by atoms with van der Waals surface area (Å²) >= 11 is 6.20. The molecule has 0 spiro atoms. The smallest absolute Gasteiger partial charge is 0.352 e. The van der Waals surface area contributed by atoms with Crippen LogP contribution in [0.5, 0.6) is 0 Å². The van der Waals surface area contributed by atoms with E-state index in [9.17, 15) is 9.90 Å². The Morgan fingerprint density at radius 1 is 1.28 bits per heavy atom. The molecule has 0 aliphatic rings. The number of nitrogens with zero attached hydrogens (tertiary/aromatic N) is 1. The van der Waals surface area contributed by atoms with Gasteiger partial charge >= 0.3 is 5.97 Å². The standard InChI is InChI=1S/C14H16ClNO2/c1-4-8-10-6-7-11(15)9(5-2)12(10)16(3)13(8)14(17)18/h6-7H,4-5H2,1-3H3,(H,17,18). The van der Waals surface area contributed by atoms with Crippen LogP contribution in [0.15, 0.2) is 12.1 Å². The Bertz CT molecular complexity index is 628. The van der Waals surface area contributed by atoms with E-state index >= 15 is 0 Å². The molecule has 18 heavy (non-hydrogen) atoms. The zero-order valence-electron chi connectivity index (χ0n) is 10.7. The van der Waals surface area contributed by atoms with E-state index in [1.54, 1.807) is 11.6 Å². The minimum absolute atomic E-state index is 0.365. The summed E-state index contributed by atoms with van der Waals surface area (Å²) in [6.07, 6.45) is 1.49. The molecule has 0 radical (unpaired) electrons. The Balaban J connectivity index is 2.98. The number of carboxylic acid groups (broad SMARTS) is 1. The summed E-state index contributed by atoms with van der Waals surface area (Å²) in [5.41, 5.74) is 3.20. The van der Waals surface area contributed by atoms with E-state index in [0.717, 1.165) is 28.5 Å². The second kappa shape index (κ2) is 4.65. The Hall–Kier alpha value is -1.48. The van der Waals surface area contributed by atoms with E-state index in [0.29, 0.717) is 17.1 Å². The predicted molar refractivity (Wildman–Crippen MR) is 73.6 cm³/mol. The Kier molecular flexibility index (Phi) is 3.35. The monoisotopic (exact) mass is 265 g/mol. The number of aromatic carboxylic acids is 1. The first-order valence-electron chi connectivity index (χ1n) is 6.04. The van der Waals surface area contributed by atoms with E-state index in [2.05, 4.69) is 0 Å². The van der Waals surface area contributed by atoms with Gasteiger partial charge in [0.2, 0.25) is 0 Å². The average molecular weight is 266 g/mol.